The summed E-state index contributed by atoms with van der Waals surface area (Å²) in [6, 6.07) is 11.6. The molecular weight excluding hydrogens is 352 g/mol. The van der Waals surface area contributed by atoms with Crippen LogP contribution in [-0.2, 0) is 15.0 Å². The van der Waals surface area contributed by atoms with E-state index in [2.05, 4.69) is 26.1 Å². The summed E-state index contributed by atoms with van der Waals surface area (Å²) >= 11 is 0. The maximum absolute atomic E-state index is 12.8. The van der Waals surface area contributed by atoms with Crippen LogP contribution in [0.5, 0.6) is 0 Å². The van der Waals surface area contributed by atoms with E-state index in [1.165, 1.54) is 0 Å². The van der Waals surface area contributed by atoms with Gasteiger partial charge in [-0.1, -0.05) is 39.0 Å². The van der Waals surface area contributed by atoms with Crippen molar-refractivity contribution < 1.29 is 9.59 Å². The first kappa shape index (κ1) is 20.1. The number of anilines is 1. The molecule has 28 heavy (non-hydrogen) atoms. The van der Waals surface area contributed by atoms with Crippen molar-refractivity contribution >= 4 is 17.6 Å². The van der Waals surface area contributed by atoms with E-state index < -0.39 is 0 Å². The highest BCUT2D eigenvalue weighted by atomic mass is 16.2. The second-order valence-corrected chi connectivity index (χ2v) is 8.79. The van der Waals surface area contributed by atoms with E-state index >= 15 is 0 Å². The quantitative estimate of drug-likeness (QED) is 0.827. The first-order valence-electron chi connectivity index (χ1n) is 9.93. The number of carbonyl (C=O) groups is 2. The molecule has 1 aliphatic carbocycles. The Hall–Kier alpha value is -2.63. The lowest BCUT2D eigenvalue weighted by molar-refractivity contribution is -0.137. The molecule has 6 heteroatoms. The predicted octanol–water partition coefficient (Wildman–Crippen LogP) is 3.76. The summed E-state index contributed by atoms with van der Waals surface area (Å²) in [6.07, 6.45) is 1.86. The lowest BCUT2D eigenvalue weighted by Gasteiger charge is -2.26. The van der Waals surface area contributed by atoms with Crippen LogP contribution in [0.1, 0.15) is 53.2 Å². The molecule has 0 bridgehead atoms. The van der Waals surface area contributed by atoms with Gasteiger partial charge in [0.15, 0.2) is 0 Å². The number of amides is 2. The van der Waals surface area contributed by atoms with E-state index in [4.69, 9.17) is 5.10 Å². The first-order valence-corrected chi connectivity index (χ1v) is 9.93. The van der Waals surface area contributed by atoms with E-state index in [0.29, 0.717) is 5.82 Å². The minimum Gasteiger partial charge on any atom is -0.331 e. The number of aromatic nitrogens is 2. The Labute approximate surface area is 166 Å². The van der Waals surface area contributed by atoms with Gasteiger partial charge in [-0.3, -0.25) is 9.59 Å². The topological polar surface area (TPSA) is 67.2 Å². The third-order valence-corrected chi connectivity index (χ3v) is 4.89. The number of hydrogen-bond donors (Lipinski definition) is 1. The smallest absolute Gasteiger partial charge is 0.245 e. The molecule has 0 radical (unpaired) electrons. The normalized spacial score (nSPS) is 14.2. The third-order valence-electron chi connectivity index (χ3n) is 4.89. The molecule has 6 nitrogen and oxygen atoms in total. The third kappa shape index (κ3) is 4.61. The van der Waals surface area contributed by atoms with Crippen molar-refractivity contribution in [2.75, 3.05) is 11.9 Å². The molecule has 1 fully saturated rings. The van der Waals surface area contributed by atoms with Gasteiger partial charge in [-0.05, 0) is 38.8 Å². The SMILES string of the molecule is CC(C)N(CC(=O)Nc1cc(C(C)(C)C)nn1-c1ccccc1)C(=O)C1CC1. The van der Waals surface area contributed by atoms with E-state index in [0.717, 1.165) is 24.2 Å². The van der Waals surface area contributed by atoms with Gasteiger partial charge < -0.3 is 10.2 Å². The van der Waals surface area contributed by atoms with Crippen LogP contribution >= 0.6 is 0 Å². The zero-order chi connectivity index (χ0) is 20.5. The monoisotopic (exact) mass is 382 g/mol. The second kappa shape index (κ2) is 7.78. The summed E-state index contributed by atoms with van der Waals surface area (Å²) in [6.45, 7) is 10.2. The minimum absolute atomic E-state index is 0.0111. The number of nitrogens with zero attached hydrogens (tertiary/aromatic N) is 3. The average Bonchev–Trinajstić information content (AvgIpc) is 3.39. The molecule has 150 valence electrons. The predicted molar refractivity (Wildman–Crippen MR) is 110 cm³/mol. The number of hydrogen-bond acceptors (Lipinski definition) is 3. The van der Waals surface area contributed by atoms with Crippen molar-refractivity contribution in [1.82, 2.24) is 14.7 Å². The summed E-state index contributed by atoms with van der Waals surface area (Å²) in [7, 11) is 0. The highest BCUT2D eigenvalue weighted by molar-refractivity contribution is 5.95. The largest absolute Gasteiger partial charge is 0.331 e. The Morgan fingerprint density at radius 3 is 2.39 bits per heavy atom. The lowest BCUT2D eigenvalue weighted by Crippen LogP contribution is -2.43. The highest BCUT2D eigenvalue weighted by Gasteiger charge is 2.35. The van der Waals surface area contributed by atoms with Crippen LogP contribution in [0.15, 0.2) is 36.4 Å². The first-order chi connectivity index (χ1) is 13.2. The van der Waals surface area contributed by atoms with Crippen LogP contribution in [0.2, 0.25) is 0 Å². The molecule has 1 aromatic heterocycles. The molecule has 1 aromatic carbocycles. The molecule has 0 aliphatic heterocycles. The van der Waals surface area contributed by atoms with E-state index in [-0.39, 0.29) is 35.7 Å². The van der Waals surface area contributed by atoms with E-state index in [1.54, 1.807) is 9.58 Å². The van der Waals surface area contributed by atoms with Crippen molar-refractivity contribution in [2.24, 2.45) is 5.92 Å². The maximum atomic E-state index is 12.8. The van der Waals surface area contributed by atoms with Gasteiger partial charge in [0, 0.05) is 23.4 Å². The number of nitrogens with one attached hydrogen (secondary N) is 1. The van der Waals surface area contributed by atoms with Crippen LogP contribution in [0.4, 0.5) is 5.82 Å². The second-order valence-electron chi connectivity index (χ2n) is 8.79. The van der Waals surface area contributed by atoms with Crippen LogP contribution in [0, 0.1) is 5.92 Å². The van der Waals surface area contributed by atoms with Gasteiger partial charge >= 0.3 is 0 Å². The Balaban J connectivity index is 1.83. The van der Waals surface area contributed by atoms with Crippen molar-refractivity contribution in [2.45, 2.75) is 58.9 Å². The van der Waals surface area contributed by atoms with Crippen molar-refractivity contribution in [3.8, 4) is 5.69 Å². The number of benzene rings is 1. The molecule has 0 atom stereocenters. The van der Waals surface area contributed by atoms with Crippen molar-refractivity contribution in [1.29, 1.82) is 0 Å². The lowest BCUT2D eigenvalue weighted by atomic mass is 9.92. The molecule has 1 N–H and O–H groups in total. The van der Waals surface area contributed by atoms with Gasteiger partial charge in [-0.2, -0.15) is 5.10 Å². The fraction of sp³-hybridized carbons (Fsp3) is 0.500. The van der Waals surface area contributed by atoms with Crippen molar-refractivity contribution in [3.05, 3.63) is 42.1 Å². The number of carbonyl (C=O) groups excluding carboxylic acids is 2. The van der Waals surface area contributed by atoms with Gasteiger partial charge in [0.1, 0.15) is 12.4 Å². The molecule has 2 aromatic rings. The van der Waals surface area contributed by atoms with Crippen LogP contribution in [0.25, 0.3) is 5.69 Å². The van der Waals surface area contributed by atoms with Crippen molar-refractivity contribution in [3.63, 3.8) is 0 Å². The Morgan fingerprint density at radius 1 is 1.21 bits per heavy atom. The van der Waals surface area contributed by atoms with Gasteiger partial charge in [-0.25, -0.2) is 4.68 Å². The van der Waals surface area contributed by atoms with Crippen LogP contribution < -0.4 is 5.32 Å². The Morgan fingerprint density at radius 2 is 1.86 bits per heavy atom. The zero-order valence-electron chi connectivity index (χ0n) is 17.4. The molecule has 1 aliphatic rings. The van der Waals surface area contributed by atoms with Gasteiger partial charge in [0.25, 0.3) is 0 Å². The minimum atomic E-state index is -0.208. The summed E-state index contributed by atoms with van der Waals surface area (Å²) in [4.78, 5) is 26.9. The van der Waals surface area contributed by atoms with Gasteiger partial charge in [0.05, 0.1) is 11.4 Å². The molecule has 0 unspecified atom stereocenters. The maximum Gasteiger partial charge on any atom is 0.245 e. The highest BCUT2D eigenvalue weighted by Crippen LogP contribution is 2.31. The fourth-order valence-corrected chi connectivity index (χ4v) is 3.02. The molecule has 1 heterocycles. The molecular formula is C22H30N4O2. The standard InChI is InChI=1S/C22H30N4O2/c1-15(2)25(21(28)16-11-12-16)14-20(27)23-19-13-18(22(3,4)5)24-26(19)17-9-7-6-8-10-17/h6-10,13,15-16H,11-12,14H2,1-5H3,(H,23,27). The van der Waals surface area contributed by atoms with Crippen LogP contribution in [-0.4, -0.2) is 39.1 Å². The summed E-state index contributed by atoms with van der Waals surface area (Å²) in [5, 5.41) is 7.68. The molecule has 1 saturated carbocycles. The summed E-state index contributed by atoms with van der Waals surface area (Å²) < 4.78 is 1.75. The molecule has 0 spiro atoms. The Kier molecular flexibility index (Phi) is 5.59. The summed E-state index contributed by atoms with van der Waals surface area (Å²) in [5.41, 5.74) is 1.62. The van der Waals surface area contributed by atoms with Crippen LogP contribution in [0.3, 0.4) is 0 Å². The van der Waals surface area contributed by atoms with E-state index in [1.807, 2.05) is 50.2 Å². The summed E-state index contributed by atoms with van der Waals surface area (Å²) in [5.74, 6) is 0.582. The average molecular weight is 383 g/mol. The molecule has 0 saturated heterocycles. The molecule has 3 rings (SSSR count). The molecule has 2 amide bonds. The van der Waals surface area contributed by atoms with Gasteiger partial charge in [0.2, 0.25) is 11.8 Å². The number of para-hydroxylation sites is 1. The van der Waals surface area contributed by atoms with E-state index in [9.17, 15) is 9.59 Å². The number of rotatable bonds is 6. The van der Waals surface area contributed by atoms with Gasteiger partial charge in [-0.15, -0.1) is 0 Å². The zero-order valence-corrected chi connectivity index (χ0v) is 17.4. The Bertz CT molecular complexity index is 845. The fourth-order valence-electron chi connectivity index (χ4n) is 3.02.